The Kier molecular flexibility index (Phi) is 5.60. The molecule has 0 aromatic rings. The zero-order valence-corrected chi connectivity index (χ0v) is 9.74. The summed E-state index contributed by atoms with van der Waals surface area (Å²) in [4.78, 5) is 10.6. The lowest BCUT2D eigenvalue weighted by Crippen LogP contribution is -2.53. The molecule has 1 atom stereocenters. The van der Waals surface area contributed by atoms with Crippen LogP contribution in [0.25, 0.3) is 0 Å². The molecule has 19 heavy (non-hydrogen) atoms. The maximum absolute atomic E-state index is 12.9. The van der Waals surface area contributed by atoms with Crippen molar-refractivity contribution in [3.05, 3.63) is 0 Å². The summed E-state index contributed by atoms with van der Waals surface area (Å²) in [6.07, 6.45) is -9.21. The third-order valence-corrected chi connectivity index (χ3v) is 2.28. The quantitative estimate of drug-likeness (QED) is 0.605. The highest BCUT2D eigenvalue weighted by atomic mass is 19.4. The molecule has 1 unspecified atom stereocenters. The molecule has 0 aliphatic rings. The first-order valence-electron chi connectivity index (χ1n) is 5.00. The van der Waals surface area contributed by atoms with Gasteiger partial charge in [-0.25, -0.2) is 0 Å². The Morgan fingerprint density at radius 1 is 1.16 bits per heavy atom. The minimum absolute atomic E-state index is 0.453. The minimum Gasteiger partial charge on any atom is -0.469 e. The molecule has 0 aromatic carbocycles. The first-order chi connectivity index (χ1) is 8.35. The smallest absolute Gasteiger partial charge is 0.459 e. The molecule has 0 fully saturated rings. The summed E-state index contributed by atoms with van der Waals surface area (Å²) in [5, 5.41) is 0. The SMILES string of the molecule is COC(=O)CCC(N)CC(F)(F)C(F)(F)C(F)(F)F. The van der Waals surface area contributed by atoms with Crippen LogP contribution in [0.2, 0.25) is 0 Å². The van der Waals surface area contributed by atoms with E-state index >= 15 is 0 Å². The highest BCUT2D eigenvalue weighted by Gasteiger charge is 2.72. The largest absolute Gasteiger partial charge is 0.469 e. The molecule has 114 valence electrons. The molecule has 0 rings (SSSR count). The lowest BCUT2D eigenvalue weighted by molar-refractivity contribution is -0.356. The normalized spacial score (nSPS) is 15.2. The summed E-state index contributed by atoms with van der Waals surface area (Å²) >= 11 is 0. The zero-order valence-electron chi connectivity index (χ0n) is 9.74. The van der Waals surface area contributed by atoms with Crippen molar-refractivity contribution in [1.82, 2.24) is 0 Å². The van der Waals surface area contributed by atoms with Gasteiger partial charge in [-0.15, -0.1) is 0 Å². The third-order valence-electron chi connectivity index (χ3n) is 2.28. The average molecular weight is 299 g/mol. The Morgan fingerprint density at radius 2 is 1.63 bits per heavy atom. The molecular weight excluding hydrogens is 287 g/mol. The predicted octanol–water partition coefficient (Wildman–Crippen LogP) is 2.49. The van der Waals surface area contributed by atoms with Gasteiger partial charge in [0.15, 0.2) is 0 Å². The second-order valence-corrected chi connectivity index (χ2v) is 3.86. The Balaban J connectivity index is 4.64. The van der Waals surface area contributed by atoms with Crippen molar-refractivity contribution in [3.8, 4) is 0 Å². The summed E-state index contributed by atoms with van der Waals surface area (Å²) in [7, 11) is 1.00. The fourth-order valence-electron chi connectivity index (χ4n) is 1.17. The molecule has 10 heteroatoms. The van der Waals surface area contributed by atoms with E-state index in [1.165, 1.54) is 0 Å². The number of ether oxygens (including phenoxy) is 1. The number of halogens is 7. The molecule has 0 aromatic heterocycles. The van der Waals surface area contributed by atoms with Crippen molar-refractivity contribution in [1.29, 1.82) is 0 Å². The van der Waals surface area contributed by atoms with E-state index in [2.05, 4.69) is 4.74 Å². The van der Waals surface area contributed by atoms with Crippen molar-refractivity contribution < 1.29 is 40.3 Å². The van der Waals surface area contributed by atoms with Gasteiger partial charge < -0.3 is 10.5 Å². The second kappa shape index (κ2) is 5.93. The monoisotopic (exact) mass is 299 g/mol. The van der Waals surface area contributed by atoms with Crippen LogP contribution < -0.4 is 5.73 Å². The number of methoxy groups -OCH3 is 1. The van der Waals surface area contributed by atoms with E-state index in [0.29, 0.717) is 0 Å². The van der Waals surface area contributed by atoms with Crippen LogP contribution in [0.3, 0.4) is 0 Å². The molecule has 2 N–H and O–H groups in total. The average Bonchev–Trinajstić information content (AvgIpc) is 2.23. The van der Waals surface area contributed by atoms with E-state index in [-0.39, 0.29) is 0 Å². The van der Waals surface area contributed by atoms with E-state index in [1.54, 1.807) is 0 Å². The first kappa shape index (κ1) is 17.9. The highest BCUT2D eigenvalue weighted by molar-refractivity contribution is 5.69. The predicted molar refractivity (Wildman–Crippen MR) is 49.8 cm³/mol. The Hall–Kier alpha value is -1.06. The van der Waals surface area contributed by atoms with Crippen LogP contribution in [0.1, 0.15) is 19.3 Å². The highest BCUT2D eigenvalue weighted by Crippen LogP contribution is 2.48. The van der Waals surface area contributed by atoms with E-state index in [0.717, 1.165) is 7.11 Å². The van der Waals surface area contributed by atoms with Gasteiger partial charge in [-0.2, -0.15) is 30.7 Å². The fourth-order valence-corrected chi connectivity index (χ4v) is 1.17. The summed E-state index contributed by atoms with van der Waals surface area (Å²) in [6, 6.07) is -1.69. The lowest BCUT2D eigenvalue weighted by atomic mass is 9.99. The van der Waals surface area contributed by atoms with E-state index in [4.69, 9.17) is 5.73 Å². The van der Waals surface area contributed by atoms with Gasteiger partial charge in [0.2, 0.25) is 0 Å². The molecule has 0 heterocycles. The lowest BCUT2D eigenvalue weighted by Gasteiger charge is -2.29. The number of carbonyl (C=O) groups is 1. The van der Waals surface area contributed by atoms with Gasteiger partial charge in [-0.1, -0.05) is 0 Å². The van der Waals surface area contributed by atoms with Crippen molar-refractivity contribution in [2.45, 2.75) is 43.3 Å². The van der Waals surface area contributed by atoms with Gasteiger partial charge in [-0.3, -0.25) is 4.79 Å². The molecular formula is C9H12F7NO2. The summed E-state index contributed by atoms with van der Waals surface area (Å²) < 4.78 is 90.4. The number of hydrogen-bond acceptors (Lipinski definition) is 3. The van der Waals surface area contributed by atoms with Crippen LogP contribution in [0.4, 0.5) is 30.7 Å². The molecule has 0 saturated carbocycles. The van der Waals surface area contributed by atoms with Crippen LogP contribution in [0.5, 0.6) is 0 Å². The molecule has 0 aliphatic carbocycles. The third kappa shape index (κ3) is 4.51. The van der Waals surface area contributed by atoms with Crippen molar-refractivity contribution in [3.63, 3.8) is 0 Å². The number of esters is 1. The van der Waals surface area contributed by atoms with E-state index in [1.807, 2.05) is 0 Å². The van der Waals surface area contributed by atoms with Crippen LogP contribution in [-0.2, 0) is 9.53 Å². The summed E-state index contributed by atoms with van der Waals surface area (Å²) in [5.74, 6) is -12.4. The molecule has 0 radical (unpaired) electrons. The maximum Gasteiger partial charge on any atom is 0.459 e. The molecule has 0 amide bonds. The number of carbonyl (C=O) groups excluding carboxylic acids is 1. The Morgan fingerprint density at radius 3 is 2.00 bits per heavy atom. The number of hydrogen-bond donors (Lipinski definition) is 1. The van der Waals surface area contributed by atoms with Gasteiger partial charge in [0.05, 0.1) is 7.11 Å². The van der Waals surface area contributed by atoms with Gasteiger partial charge >= 0.3 is 24.0 Å². The van der Waals surface area contributed by atoms with Crippen molar-refractivity contribution in [2.24, 2.45) is 5.73 Å². The van der Waals surface area contributed by atoms with Crippen LogP contribution >= 0.6 is 0 Å². The molecule has 0 spiro atoms. The number of alkyl halides is 7. The van der Waals surface area contributed by atoms with Gasteiger partial charge in [0, 0.05) is 18.9 Å². The molecule has 0 aliphatic heterocycles. The first-order valence-corrected chi connectivity index (χ1v) is 5.00. The van der Waals surface area contributed by atoms with Crippen LogP contribution in [-0.4, -0.2) is 37.1 Å². The Bertz CT molecular complexity index is 316. The van der Waals surface area contributed by atoms with Crippen molar-refractivity contribution in [2.75, 3.05) is 7.11 Å². The van der Waals surface area contributed by atoms with Gasteiger partial charge in [0.1, 0.15) is 0 Å². The van der Waals surface area contributed by atoms with E-state index in [9.17, 15) is 35.5 Å². The second-order valence-electron chi connectivity index (χ2n) is 3.86. The number of rotatable bonds is 6. The van der Waals surface area contributed by atoms with Crippen LogP contribution in [0, 0.1) is 0 Å². The summed E-state index contributed by atoms with van der Waals surface area (Å²) in [5.41, 5.74) is 5.01. The molecule has 0 saturated heterocycles. The molecule has 3 nitrogen and oxygen atoms in total. The van der Waals surface area contributed by atoms with Crippen molar-refractivity contribution >= 4 is 5.97 Å². The minimum atomic E-state index is -6.38. The fraction of sp³-hybridized carbons (Fsp3) is 0.889. The van der Waals surface area contributed by atoms with Gasteiger partial charge in [-0.05, 0) is 6.42 Å². The summed E-state index contributed by atoms with van der Waals surface area (Å²) in [6.45, 7) is 0. The standard InChI is InChI=1S/C9H12F7NO2/c1-19-6(18)3-2-5(17)4-7(10,11)8(12,13)9(14,15)16/h5H,2-4,17H2,1H3. The zero-order chi connectivity index (χ0) is 15.5. The Labute approximate surface area is 103 Å². The van der Waals surface area contributed by atoms with Gasteiger partial charge in [0.25, 0.3) is 0 Å². The number of nitrogens with two attached hydrogens (primary N) is 1. The topological polar surface area (TPSA) is 52.3 Å². The molecule has 0 bridgehead atoms. The maximum atomic E-state index is 12.9. The van der Waals surface area contributed by atoms with Crippen LogP contribution in [0.15, 0.2) is 0 Å². The van der Waals surface area contributed by atoms with E-state index < -0.39 is 49.3 Å².